The van der Waals surface area contributed by atoms with Gasteiger partial charge in [0.1, 0.15) is 5.78 Å². The third-order valence-electron chi connectivity index (χ3n) is 4.68. The number of fused-ring (bicyclic) bond motifs is 2. The summed E-state index contributed by atoms with van der Waals surface area (Å²) in [6.07, 6.45) is 5.08. The average molecular weight is 269 g/mol. The summed E-state index contributed by atoms with van der Waals surface area (Å²) in [7, 11) is 0. The van der Waals surface area contributed by atoms with Crippen molar-refractivity contribution in [2.75, 3.05) is 0 Å². The summed E-state index contributed by atoms with van der Waals surface area (Å²) < 4.78 is 0. The van der Waals surface area contributed by atoms with Crippen molar-refractivity contribution in [3.8, 4) is 0 Å². The molecule has 0 spiro atoms. The monoisotopic (exact) mass is 269 g/mol. The molecule has 1 aromatic rings. The van der Waals surface area contributed by atoms with Crippen molar-refractivity contribution >= 4 is 5.78 Å². The number of hydrogen-bond acceptors (Lipinski definition) is 2. The Bertz CT molecular complexity index is 517. The highest BCUT2D eigenvalue weighted by Gasteiger charge is 2.38. The van der Waals surface area contributed by atoms with Crippen molar-refractivity contribution in [1.29, 1.82) is 0 Å². The van der Waals surface area contributed by atoms with Crippen molar-refractivity contribution in [3.63, 3.8) is 0 Å². The van der Waals surface area contributed by atoms with Gasteiger partial charge in [-0.15, -0.1) is 0 Å². The molecule has 2 bridgehead atoms. The summed E-state index contributed by atoms with van der Waals surface area (Å²) in [5, 5.41) is 0. The van der Waals surface area contributed by atoms with Crippen LogP contribution in [0.25, 0.3) is 0 Å². The number of hydrogen-bond donors (Lipinski definition) is 0. The second-order valence-corrected chi connectivity index (χ2v) is 6.39. The van der Waals surface area contributed by atoms with Crippen LogP contribution in [-0.4, -0.2) is 16.7 Å². The minimum atomic E-state index is 0.195. The van der Waals surface area contributed by atoms with Crippen molar-refractivity contribution < 1.29 is 4.79 Å². The highest BCUT2D eigenvalue weighted by atomic mass is 16.1. The molecular formula is C18H23NO. The SMILES string of the molecule is CC(C)C1=CN(Cc2ccccc2)[C@H]2CCC(=O)[C@@H]1C2. The van der Waals surface area contributed by atoms with Crippen molar-refractivity contribution in [2.45, 2.75) is 45.7 Å². The molecule has 0 N–H and O–H groups in total. The van der Waals surface area contributed by atoms with Gasteiger partial charge >= 0.3 is 0 Å². The lowest BCUT2D eigenvalue weighted by Gasteiger charge is -2.43. The van der Waals surface area contributed by atoms with E-state index in [-0.39, 0.29) is 5.92 Å². The molecular weight excluding hydrogens is 246 g/mol. The zero-order valence-electron chi connectivity index (χ0n) is 12.4. The molecule has 0 aromatic heterocycles. The Hall–Kier alpha value is -1.57. The van der Waals surface area contributed by atoms with Crippen LogP contribution in [0.15, 0.2) is 42.1 Å². The fourth-order valence-corrected chi connectivity index (χ4v) is 3.53. The number of nitrogens with zero attached hydrogens (tertiary/aromatic N) is 1. The number of rotatable bonds is 3. The largest absolute Gasteiger partial charge is 0.370 e. The van der Waals surface area contributed by atoms with E-state index in [0.717, 1.165) is 25.8 Å². The molecule has 2 heteroatoms. The molecule has 2 atom stereocenters. The van der Waals surface area contributed by atoms with Crippen LogP contribution in [-0.2, 0) is 11.3 Å². The molecule has 0 saturated heterocycles. The van der Waals surface area contributed by atoms with Crippen LogP contribution in [0.1, 0.15) is 38.7 Å². The molecule has 106 valence electrons. The van der Waals surface area contributed by atoms with Gasteiger partial charge in [-0.1, -0.05) is 44.2 Å². The van der Waals surface area contributed by atoms with E-state index in [4.69, 9.17) is 0 Å². The maximum Gasteiger partial charge on any atom is 0.140 e. The van der Waals surface area contributed by atoms with E-state index in [0.29, 0.717) is 17.7 Å². The predicted molar refractivity (Wildman–Crippen MR) is 81.0 cm³/mol. The zero-order valence-corrected chi connectivity index (χ0v) is 12.4. The van der Waals surface area contributed by atoms with E-state index in [1.807, 2.05) is 0 Å². The van der Waals surface area contributed by atoms with E-state index in [1.54, 1.807) is 0 Å². The molecule has 1 aromatic carbocycles. The van der Waals surface area contributed by atoms with E-state index in [9.17, 15) is 4.79 Å². The Morgan fingerprint density at radius 3 is 2.70 bits per heavy atom. The Balaban J connectivity index is 1.87. The van der Waals surface area contributed by atoms with E-state index < -0.39 is 0 Å². The van der Waals surface area contributed by atoms with Gasteiger partial charge < -0.3 is 4.90 Å². The second kappa shape index (κ2) is 5.43. The highest BCUT2D eigenvalue weighted by Crippen LogP contribution is 2.38. The third kappa shape index (κ3) is 2.52. The third-order valence-corrected chi connectivity index (χ3v) is 4.68. The van der Waals surface area contributed by atoms with Crippen molar-refractivity contribution in [2.24, 2.45) is 11.8 Å². The summed E-state index contributed by atoms with van der Waals surface area (Å²) in [4.78, 5) is 14.6. The molecule has 1 aliphatic heterocycles. The van der Waals surface area contributed by atoms with Gasteiger partial charge in [0.05, 0.1) is 0 Å². The average Bonchev–Trinajstić information content (AvgIpc) is 2.45. The van der Waals surface area contributed by atoms with Gasteiger partial charge in [0.2, 0.25) is 0 Å². The summed E-state index contributed by atoms with van der Waals surface area (Å²) in [6.45, 7) is 5.37. The van der Waals surface area contributed by atoms with E-state index in [1.165, 1.54) is 11.1 Å². The van der Waals surface area contributed by atoms with Crippen LogP contribution >= 0.6 is 0 Å². The lowest BCUT2D eigenvalue weighted by molar-refractivity contribution is -0.125. The van der Waals surface area contributed by atoms with Crippen LogP contribution in [0, 0.1) is 11.8 Å². The van der Waals surface area contributed by atoms with E-state index in [2.05, 4.69) is 55.3 Å². The molecule has 0 radical (unpaired) electrons. The summed E-state index contributed by atoms with van der Waals surface area (Å²) >= 11 is 0. The smallest absolute Gasteiger partial charge is 0.140 e. The first-order valence-corrected chi connectivity index (χ1v) is 7.69. The molecule has 1 fully saturated rings. The lowest BCUT2D eigenvalue weighted by Crippen LogP contribution is -2.44. The van der Waals surface area contributed by atoms with Gasteiger partial charge in [-0.3, -0.25) is 4.79 Å². The Labute approximate surface area is 121 Å². The van der Waals surface area contributed by atoms with Crippen molar-refractivity contribution in [1.82, 2.24) is 4.90 Å². The van der Waals surface area contributed by atoms with Crippen LogP contribution in [0.4, 0.5) is 0 Å². The minimum absolute atomic E-state index is 0.195. The van der Waals surface area contributed by atoms with Gasteiger partial charge in [0.15, 0.2) is 0 Å². The van der Waals surface area contributed by atoms with Gasteiger partial charge in [0.25, 0.3) is 0 Å². The van der Waals surface area contributed by atoms with Crippen LogP contribution in [0.5, 0.6) is 0 Å². The molecule has 3 rings (SSSR count). The first-order valence-electron chi connectivity index (χ1n) is 7.69. The van der Waals surface area contributed by atoms with Gasteiger partial charge in [-0.05, 0) is 36.1 Å². The zero-order chi connectivity index (χ0) is 14.1. The molecule has 0 amide bonds. The Morgan fingerprint density at radius 2 is 2.00 bits per heavy atom. The second-order valence-electron chi connectivity index (χ2n) is 6.39. The van der Waals surface area contributed by atoms with Crippen LogP contribution < -0.4 is 0 Å². The molecule has 2 nitrogen and oxygen atoms in total. The molecule has 0 unspecified atom stereocenters. The lowest BCUT2D eigenvalue weighted by atomic mass is 9.74. The number of carbonyl (C=O) groups excluding carboxylic acids is 1. The predicted octanol–water partition coefficient (Wildman–Crippen LogP) is 3.78. The maximum atomic E-state index is 12.1. The standard InChI is InChI=1S/C18H23NO/c1-13(2)17-12-19(11-14-6-4-3-5-7-14)15-8-9-18(20)16(17)10-15/h3-7,12-13,15-16H,8-11H2,1-2H3/t15-,16+/m0/s1. The first-order chi connectivity index (χ1) is 9.65. The molecule has 1 heterocycles. The molecule has 1 aliphatic carbocycles. The minimum Gasteiger partial charge on any atom is -0.370 e. The van der Waals surface area contributed by atoms with Gasteiger partial charge in [-0.25, -0.2) is 0 Å². The topological polar surface area (TPSA) is 20.3 Å². The summed E-state index contributed by atoms with van der Waals surface area (Å²) in [6, 6.07) is 11.2. The first kappa shape index (κ1) is 13.4. The quantitative estimate of drug-likeness (QED) is 0.832. The van der Waals surface area contributed by atoms with Gasteiger partial charge in [-0.2, -0.15) is 0 Å². The maximum absolute atomic E-state index is 12.1. The van der Waals surface area contributed by atoms with E-state index >= 15 is 0 Å². The van der Waals surface area contributed by atoms with Gasteiger partial charge in [0, 0.05) is 24.9 Å². The molecule has 2 aliphatic rings. The Morgan fingerprint density at radius 1 is 1.25 bits per heavy atom. The number of carbonyl (C=O) groups is 1. The van der Waals surface area contributed by atoms with Crippen LogP contribution in [0.2, 0.25) is 0 Å². The number of Topliss-reactive ketones (excluding diaryl/α,β-unsaturated/α-hetero) is 1. The highest BCUT2D eigenvalue weighted by molar-refractivity contribution is 5.85. The molecule has 1 saturated carbocycles. The molecule has 20 heavy (non-hydrogen) atoms. The Kier molecular flexibility index (Phi) is 3.64. The number of benzene rings is 1. The fraction of sp³-hybridized carbons (Fsp3) is 0.500. The summed E-state index contributed by atoms with van der Waals surface area (Å²) in [5.74, 6) is 1.11. The number of ketones is 1. The number of allylic oxidation sites excluding steroid dienone is 1. The van der Waals surface area contributed by atoms with Crippen molar-refractivity contribution in [3.05, 3.63) is 47.7 Å². The van der Waals surface area contributed by atoms with Crippen LogP contribution in [0.3, 0.4) is 0 Å². The normalized spacial score (nSPS) is 25.9. The summed E-state index contributed by atoms with van der Waals surface area (Å²) in [5.41, 5.74) is 2.68. The fourth-order valence-electron chi connectivity index (χ4n) is 3.53.